The molecule has 1 atom stereocenters. The van der Waals surface area contributed by atoms with Crippen LogP contribution in [0.2, 0.25) is 0 Å². The van der Waals surface area contributed by atoms with Gasteiger partial charge in [-0.05, 0) is 19.4 Å². The number of nitrogens with one attached hydrogen (secondary N) is 1. The maximum Gasteiger partial charge on any atom is 0.255 e. The number of rotatable bonds is 5. The molecule has 124 valence electrons. The average molecular weight is 318 g/mol. The van der Waals surface area contributed by atoms with Crippen molar-refractivity contribution in [3.63, 3.8) is 0 Å². The van der Waals surface area contributed by atoms with Gasteiger partial charge < -0.3 is 15.1 Å². The Balaban J connectivity index is 2.05. The number of carbonyl (C=O) groups excluding carboxylic acids is 3. The summed E-state index contributed by atoms with van der Waals surface area (Å²) in [4.78, 5) is 42.6. The van der Waals surface area contributed by atoms with Crippen LogP contribution in [0.3, 0.4) is 0 Å². The fourth-order valence-electron chi connectivity index (χ4n) is 2.30. The highest BCUT2D eigenvalue weighted by atomic mass is 16.2. The van der Waals surface area contributed by atoms with Gasteiger partial charge in [0.2, 0.25) is 6.41 Å². The fourth-order valence-corrected chi connectivity index (χ4v) is 2.30. The molecule has 1 saturated heterocycles. The quantitative estimate of drug-likeness (QED) is 0.803. The van der Waals surface area contributed by atoms with Gasteiger partial charge in [-0.3, -0.25) is 19.4 Å². The van der Waals surface area contributed by atoms with Crippen LogP contribution >= 0.6 is 0 Å². The molecule has 23 heavy (non-hydrogen) atoms. The Morgan fingerprint density at radius 2 is 1.91 bits per heavy atom. The van der Waals surface area contributed by atoms with E-state index < -0.39 is 0 Å². The molecule has 0 spiro atoms. The lowest BCUT2D eigenvalue weighted by Gasteiger charge is -2.32. The molecule has 7 nitrogen and oxygen atoms in total. The summed E-state index contributed by atoms with van der Waals surface area (Å²) in [6.07, 6.45) is 4.55. The molecule has 1 fully saturated rings. The number of hydrogen-bond donors (Lipinski definition) is 1. The van der Waals surface area contributed by atoms with Crippen LogP contribution in [0.25, 0.3) is 0 Å². The largest absolute Gasteiger partial charge is 0.350 e. The molecule has 1 N–H and O–H groups in total. The Morgan fingerprint density at radius 3 is 2.52 bits per heavy atom. The molecule has 0 saturated carbocycles. The van der Waals surface area contributed by atoms with E-state index >= 15 is 0 Å². The second-order valence-electron chi connectivity index (χ2n) is 5.68. The minimum Gasteiger partial charge on any atom is -0.350 e. The molecule has 0 radical (unpaired) electrons. The van der Waals surface area contributed by atoms with E-state index in [0.717, 1.165) is 12.8 Å². The molecule has 0 aliphatic carbocycles. The summed E-state index contributed by atoms with van der Waals surface area (Å²) in [5.74, 6) is -0.395. The van der Waals surface area contributed by atoms with Crippen molar-refractivity contribution in [2.24, 2.45) is 0 Å². The molecule has 0 bridgehead atoms. The van der Waals surface area contributed by atoms with Crippen LogP contribution in [0, 0.1) is 0 Å². The summed E-state index contributed by atoms with van der Waals surface area (Å²) >= 11 is 0. The Bertz CT molecular complexity index is 582. The molecule has 0 aromatic carbocycles. The zero-order chi connectivity index (χ0) is 16.8. The SMILES string of the molecule is CCC(C)NC(=O)c1cncc(C(=O)N2CCN(C=O)CC2)c1. The number of hydrogen-bond acceptors (Lipinski definition) is 4. The lowest BCUT2D eigenvalue weighted by atomic mass is 10.1. The lowest BCUT2D eigenvalue weighted by molar-refractivity contribution is -0.119. The van der Waals surface area contributed by atoms with Gasteiger partial charge in [0, 0.05) is 44.6 Å². The van der Waals surface area contributed by atoms with E-state index in [4.69, 9.17) is 0 Å². The smallest absolute Gasteiger partial charge is 0.255 e. The minimum atomic E-state index is -0.229. The van der Waals surface area contributed by atoms with Crippen molar-refractivity contribution in [2.45, 2.75) is 26.3 Å². The Hall–Kier alpha value is -2.44. The molecule has 1 unspecified atom stereocenters. The maximum atomic E-state index is 12.5. The summed E-state index contributed by atoms with van der Waals surface area (Å²) in [5.41, 5.74) is 0.768. The van der Waals surface area contributed by atoms with Crippen molar-refractivity contribution in [1.82, 2.24) is 20.1 Å². The van der Waals surface area contributed by atoms with Crippen molar-refractivity contribution < 1.29 is 14.4 Å². The molecular formula is C16H22N4O3. The third kappa shape index (κ3) is 4.28. The van der Waals surface area contributed by atoms with Gasteiger partial charge in [-0.15, -0.1) is 0 Å². The van der Waals surface area contributed by atoms with E-state index in [2.05, 4.69) is 10.3 Å². The first-order valence-electron chi connectivity index (χ1n) is 7.79. The van der Waals surface area contributed by atoms with Gasteiger partial charge in [-0.1, -0.05) is 6.92 Å². The predicted octanol–water partition coefficient (Wildman–Crippen LogP) is 0.524. The van der Waals surface area contributed by atoms with Gasteiger partial charge in [0.25, 0.3) is 11.8 Å². The Morgan fingerprint density at radius 1 is 1.26 bits per heavy atom. The van der Waals surface area contributed by atoms with Crippen molar-refractivity contribution in [2.75, 3.05) is 26.2 Å². The number of pyridine rings is 1. The number of amides is 3. The summed E-state index contributed by atoms with van der Waals surface area (Å²) in [6.45, 7) is 5.93. The van der Waals surface area contributed by atoms with Crippen molar-refractivity contribution in [3.05, 3.63) is 29.6 Å². The van der Waals surface area contributed by atoms with Crippen molar-refractivity contribution in [1.29, 1.82) is 0 Å². The highest BCUT2D eigenvalue weighted by Gasteiger charge is 2.22. The summed E-state index contributed by atoms with van der Waals surface area (Å²) < 4.78 is 0. The van der Waals surface area contributed by atoms with Crippen LogP contribution in [0.1, 0.15) is 41.0 Å². The van der Waals surface area contributed by atoms with Crippen LogP contribution in [0.4, 0.5) is 0 Å². The van der Waals surface area contributed by atoms with Crippen LogP contribution in [0.5, 0.6) is 0 Å². The normalized spacial score (nSPS) is 15.9. The van der Waals surface area contributed by atoms with Gasteiger partial charge in [-0.2, -0.15) is 0 Å². The van der Waals surface area contributed by atoms with E-state index in [-0.39, 0.29) is 17.9 Å². The van der Waals surface area contributed by atoms with E-state index in [1.165, 1.54) is 12.4 Å². The molecule has 1 aliphatic heterocycles. The van der Waals surface area contributed by atoms with E-state index in [0.29, 0.717) is 37.3 Å². The van der Waals surface area contributed by atoms with Gasteiger partial charge in [0.05, 0.1) is 11.1 Å². The first-order valence-corrected chi connectivity index (χ1v) is 7.79. The first-order chi connectivity index (χ1) is 11.0. The monoisotopic (exact) mass is 318 g/mol. The standard InChI is InChI=1S/C16H22N4O3/c1-3-12(2)18-15(22)13-8-14(10-17-9-13)16(23)20-6-4-19(11-21)5-7-20/h8-12H,3-7H2,1-2H3,(H,18,22). The molecule has 2 rings (SSSR count). The third-order valence-electron chi connectivity index (χ3n) is 3.99. The third-order valence-corrected chi connectivity index (χ3v) is 3.99. The molecule has 1 aromatic rings. The van der Waals surface area contributed by atoms with Gasteiger partial charge >= 0.3 is 0 Å². The molecule has 2 heterocycles. The minimum absolute atomic E-state index is 0.0678. The number of nitrogens with zero attached hydrogens (tertiary/aromatic N) is 3. The highest BCUT2D eigenvalue weighted by Crippen LogP contribution is 2.10. The van der Waals surface area contributed by atoms with Crippen LogP contribution in [-0.4, -0.2) is 65.2 Å². The predicted molar refractivity (Wildman–Crippen MR) is 85.0 cm³/mol. The van der Waals surface area contributed by atoms with Crippen molar-refractivity contribution >= 4 is 18.2 Å². The molecule has 7 heteroatoms. The Labute approximate surface area is 135 Å². The maximum absolute atomic E-state index is 12.5. The zero-order valence-electron chi connectivity index (χ0n) is 13.5. The second kappa shape index (κ2) is 7.71. The van der Waals surface area contributed by atoms with Crippen LogP contribution in [0.15, 0.2) is 18.5 Å². The second-order valence-corrected chi connectivity index (χ2v) is 5.68. The highest BCUT2D eigenvalue weighted by molar-refractivity contribution is 5.99. The fraction of sp³-hybridized carbons (Fsp3) is 0.500. The lowest BCUT2D eigenvalue weighted by Crippen LogP contribution is -2.48. The average Bonchev–Trinajstić information content (AvgIpc) is 2.61. The number of carbonyl (C=O) groups is 3. The Kier molecular flexibility index (Phi) is 5.67. The van der Waals surface area contributed by atoms with Crippen LogP contribution < -0.4 is 5.32 Å². The molecule has 1 aromatic heterocycles. The van der Waals surface area contributed by atoms with E-state index in [1.807, 2.05) is 13.8 Å². The molecule has 3 amide bonds. The zero-order valence-corrected chi connectivity index (χ0v) is 13.5. The van der Waals surface area contributed by atoms with Crippen LogP contribution in [-0.2, 0) is 4.79 Å². The summed E-state index contributed by atoms with van der Waals surface area (Å²) in [7, 11) is 0. The van der Waals surface area contributed by atoms with Gasteiger partial charge in [-0.25, -0.2) is 0 Å². The number of aromatic nitrogens is 1. The molecule has 1 aliphatic rings. The summed E-state index contributed by atoms with van der Waals surface area (Å²) in [6, 6.07) is 1.64. The van der Waals surface area contributed by atoms with Gasteiger partial charge in [0.1, 0.15) is 0 Å². The van der Waals surface area contributed by atoms with Gasteiger partial charge in [0.15, 0.2) is 0 Å². The van der Waals surface area contributed by atoms with E-state index in [9.17, 15) is 14.4 Å². The van der Waals surface area contributed by atoms with E-state index in [1.54, 1.807) is 15.9 Å². The topological polar surface area (TPSA) is 82.6 Å². The summed E-state index contributed by atoms with van der Waals surface area (Å²) in [5, 5.41) is 2.86. The van der Waals surface area contributed by atoms with Crippen molar-refractivity contribution in [3.8, 4) is 0 Å². The molecular weight excluding hydrogens is 296 g/mol. The number of piperazine rings is 1. The first kappa shape index (κ1) is 16.9.